The predicted molar refractivity (Wildman–Crippen MR) is 69.1 cm³/mol. The molecular weight excluding hydrogens is 238 g/mol. The zero-order valence-electron chi connectivity index (χ0n) is 9.90. The Labute approximate surface area is 108 Å². The molecule has 1 aliphatic heterocycles. The average molecular weight is 256 g/mol. The van der Waals surface area contributed by atoms with Crippen molar-refractivity contribution in [1.29, 1.82) is 0 Å². The van der Waals surface area contributed by atoms with Crippen molar-refractivity contribution in [1.82, 2.24) is 15.6 Å². The molecule has 0 aromatic carbocycles. The number of piperidine rings is 1. The molecule has 0 radical (unpaired) electrons. The fourth-order valence-electron chi connectivity index (χ4n) is 1.87. The van der Waals surface area contributed by atoms with E-state index in [2.05, 4.69) is 21.7 Å². The van der Waals surface area contributed by atoms with Gasteiger partial charge >= 0.3 is 0 Å². The van der Waals surface area contributed by atoms with Crippen LogP contribution in [0.15, 0.2) is 18.3 Å². The van der Waals surface area contributed by atoms with Gasteiger partial charge in [0.1, 0.15) is 0 Å². The third-order valence-corrected chi connectivity index (χ3v) is 2.96. The summed E-state index contributed by atoms with van der Waals surface area (Å²) in [4.78, 5) is 15.2. The minimum atomic E-state index is 0. The normalized spacial score (nSPS) is 19.4. The first-order valence-corrected chi connectivity index (χ1v) is 5.66. The summed E-state index contributed by atoms with van der Waals surface area (Å²) in [5, 5.41) is 6.31. The number of rotatable bonds is 3. The highest BCUT2D eigenvalue weighted by Gasteiger charge is 2.17. The molecule has 1 aromatic heterocycles. The number of nitrogens with zero attached hydrogens (tertiary/aromatic N) is 1. The van der Waals surface area contributed by atoms with Gasteiger partial charge in [-0.25, -0.2) is 0 Å². The van der Waals surface area contributed by atoms with Crippen LogP contribution in [0.2, 0.25) is 0 Å². The number of aryl methyl sites for hydroxylation is 1. The van der Waals surface area contributed by atoms with Gasteiger partial charge in [0.15, 0.2) is 0 Å². The largest absolute Gasteiger partial charge is 0.355 e. The van der Waals surface area contributed by atoms with Crippen LogP contribution in [-0.4, -0.2) is 23.5 Å². The number of carbonyl (C=O) groups excluding carboxylic acids is 1. The lowest BCUT2D eigenvalue weighted by atomic mass is 10.1. The molecule has 4 nitrogen and oxygen atoms in total. The second-order valence-electron chi connectivity index (χ2n) is 4.17. The molecule has 0 bridgehead atoms. The van der Waals surface area contributed by atoms with E-state index in [9.17, 15) is 4.79 Å². The van der Waals surface area contributed by atoms with Crippen LogP contribution in [0.25, 0.3) is 0 Å². The van der Waals surface area contributed by atoms with Gasteiger partial charge in [0.25, 0.3) is 0 Å². The Hall–Kier alpha value is -1.13. The number of carbonyl (C=O) groups is 1. The number of nitrogens with one attached hydrogen (secondary N) is 2. The minimum Gasteiger partial charge on any atom is -0.355 e. The van der Waals surface area contributed by atoms with Crippen LogP contribution in [-0.2, 0) is 11.3 Å². The summed E-state index contributed by atoms with van der Waals surface area (Å²) in [6, 6.07) is 4.42. The zero-order chi connectivity index (χ0) is 11.4. The summed E-state index contributed by atoms with van der Waals surface area (Å²) in [5.41, 5.74) is 2.29. The smallest absolute Gasteiger partial charge is 0.220 e. The van der Waals surface area contributed by atoms with Crippen LogP contribution in [0.1, 0.15) is 24.1 Å². The first-order valence-electron chi connectivity index (χ1n) is 5.66. The molecule has 5 heteroatoms. The molecule has 1 saturated heterocycles. The van der Waals surface area contributed by atoms with Crippen molar-refractivity contribution < 1.29 is 4.79 Å². The third-order valence-electron chi connectivity index (χ3n) is 2.96. The summed E-state index contributed by atoms with van der Waals surface area (Å²) < 4.78 is 0. The molecule has 2 rings (SSSR count). The maximum absolute atomic E-state index is 11.0. The standard InChI is InChI=1S/C12H17N3O.ClH/c1-9-10(3-2-6-13-9)7-14-11-4-5-12(16)15-8-11;/h2-3,6,11,14H,4-5,7-8H2,1H3,(H,15,16);1H. The number of halogens is 1. The Morgan fingerprint density at radius 1 is 1.59 bits per heavy atom. The molecule has 1 fully saturated rings. The third kappa shape index (κ3) is 3.98. The lowest BCUT2D eigenvalue weighted by molar-refractivity contribution is -0.122. The Morgan fingerprint density at radius 2 is 2.41 bits per heavy atom. The molecule has 1 atom stereocenters. The molecule has 2 N–H and O–H groups in total. The summed E-state index contributed by atoms with van der Waals surface area (Å²) in [6.07, 6.45) is 3.36. The summed E-state index contributed by atoms with van der Waals surface area (Å²) in [6.45, 7) is 3.57. The number of hydrogen-bond donors (Lipinski definition) is 2. The van der Waals surface area contributed by atoms with Crippen molar-refractivity contribution in [3.63, 3.8) is 0 Å². The van der Waals surface area contributed by atoms with Gasteiger partial charge in [0.2, 0.25) is 5.91 Å². The van der Waals surface area contributed by atoms with Crippen LogP contribution in [0.4, 0.5) is 0 Å². The molecule has 0 aliphatic carbocycles. The molecule has 0 saturated carbocycles. The summed E-state index contributed by atoms with van der Waals surface area (Å²) in [7, 11) is 0. The zero-order valence-corrected chi connectivity index (χ0v) is 10.7. The van der Waals surface area contributed by atoms with Crippen LogP contribution in [0.5, 0.6) is 0 Å². The molecule has 1 amide bonds. The number of hydrogen-bond acceptors (Lipinski definition) is 3. The maximum atomic E-state index is 11.0. The van der Waals surface area contributed by atoms with E-state index in [0.717, 1.165) is 25.2 Å². The molecule has 1 aromatic rings. The van der Waals surface area contributed by atoms with E-state index in [-0.39, 0.29) is 18.3 Å². The van der Waals surface area contributed by atoms with Gasteiger partial charge in [0, 0.05) is 37.4 Å². The van der Waals surface area contributed by atoms with Gasteiger partial charge in [-0.2, -0.15) is 0 Å². The number of aromatic nitrogens is 1. The molecule has 17 heavy (non-hydrogen) atoms. The van der Waals surface area contributed by atoms with Gasteiger partial charge < -0.3 is 10.6 Å². The van der Waals surface area contributed by atoms with Crippen molar-refractivity contribution >= 4 is 18.3 Å². The SMILES string of the molecule is Cc1ncccc1CNC1CCC(=O)NC1.Cl. The van der Waals surface area contributed by atoms with E-state index in [0.29, 0.717) is 12.5 Å². The Morgan fingerprint density at radius 3 is 3.06 bits per heavy atom. The van der Waals surface area contributed by atoms with Crippen molar-refractivity contribution in [3.05, 3.63) is 29.6 Å². The highest BCUT2D eigenvalue weighted by atomic mass is 35.5. The molecule has 1 aliphatic rings. The molecule has 0 spiro atoms. The van der Waals surface area contributed by atoms with Crippen molar-refractivity contribution in [2.45, 2.75) is 32.4 Å². The van der Waals surface area contributed by atoms with E-state index in [4.69, 9.17) is 0 Å². The fraction of sp³-hybridized carbons (Fsp3) is 0.500. The first-order chi connectivity index (χ1) is 7.75. The van der Waals surface area contributed by atoms with E-state index in [1.54, 1.807) is 6.20 Å². The van der Waals surface area contributed by atoms with E-state index >= 15 is 0 Å². The maximum Gasteiger partial charge on any atom is 0.220 e. The Kier molecular flexibility index (Phi) is 5.38. The van der Waals surface area contributed by atoms with Crippen molar-refractivity contribution in [2.75, 3.05) is 6.54 Å². The highest BCUT2D eigenvalue weighted by molar-refractivity contribution is 5.85. The van der Waals surface area contributed by atoms with Crippen molar-refractivity contribution in [2.24, 2.45) is 0 Å². The van der Waals surface area contributed by atoms with Gasteiger partial charge in [-0.3, -0.25) is 9.78 Å². The fourth-order valence-corrected chi connectivity index (χ4v) is 1.87. The van der Waals surface area contributed by atoms with Gasteiger partial charge in [0.05, 0.1) is 0 Å². The van der Waals surface area contributed by atoms with Crippen LogP contribution in [0.3, 0.4) is 0 Å². The predicted octanol–water partition coefficient (Wildman–Crippen LogP) is 1.18. The van der Waals surface area contributed by atoms with E-state index in [1.165, 1.54) is 5.56 Å². The minimum absolute atomic E-state index is 0. The van der Waals surface area contributed by atoms with Gasteiger partial charge in [-0.05, 0) is 25.0 Å². The Bertz CT molecular complexity index is 374. The molecule has 1 unspecified atom stereocenters. The lowest BCUT2D eigenvalue weighted by Gasteiger charge is -2.23. The lowest BCUT2D eigenvalue weighted by Crippen LogP contribution is -2.45. The monoisotopic (exact) mass is 255 g/mol. The first kappa shape index (κ1) is 13.9. The average Bonchev–Trinajstić information content (AvgIpc) is 2.30. The molecule has 94 valence electrons. The van der Waals surface area contributed by atoms with Gasteiger partial charge in [-0.1, -0.05) is 6.07 Å². The molecular formula is C12H18ClN3O. The van der Waals surface area contributed by atoms with E-state index in [1.807, 2.05) is 13.0 Å². The number of amides is 1. The van der Waals surface area contributed by atoms with Crippen molar-refractivity contribution in [3.8, 4) is 0 Å². The summed E-state index contributed by atoms with van der Waals surface area (Å²) in [5.74, 6) is 0.163. The second-order valence-corrected chi connectivity index (χ2v) is 4.17. The summed E-state index contributed by atoms with van der Waals surface area (Å²) >= 11 is 0. The molecule has 2 heterocycles. The highest BCUT2D eigenvalue weighted by Crippen LogP contribution is 2.06. The van der Waals surface area contributed by atoms with Crippen LogP contribution >= 0.6 is 12.4 Å². The second kappa shape index (κ2) is 6.57. The van der Waals surface area contributed by atoms with Gasteiger partial charge in [-0.15, -0.1) is 12.4 Å². The topological polar surface area (TPSA) is 54.0 Å². The van der Waals surface area contributed by atoms with Crippen LogP contribution < -0.4 is 10.6 Å². The van der Waals surface area contributed by atoms with Crippen LogP contribution in [0, 0.1) is 6.92 Å². The number of pyridine rings is 1. The van der Waals surface area contributed by atoms with E-state index < -0.39 is 0 Å². The Balaban J connectivity index is 0.00000144. The quantitative estimate of drug-likeness (QED) is 0.853.